The number of nitrogens with one attached hydrogen (secondary N) is 1. The molecule has 2 aliphatic rings. The van der Waals surface area contributed by atoms with Crippen molar-refractivity contribution in [3.63, 3.8) is 0 Å². The molecule has 1 aromatic rings. The molecule has 0 radical (unpaired) electrons. The molecule has 0 spiro atoms. The molecule has 0 aromatic heterocycles. The number of methoxy groups -OCH3 is 1. The Morgan fingerprint density at radius 1 is 1.31 bits per heavy atom. The van der Waals surface area contributed by atoms with E-state index in [1.807, 2.05) is 0 Å². The molecule has 2 bridgehead atoms. The Morgan fingerprint density at radius 2 is 2.00 bits per heavy atom. The third-order valence-corrected chi connectivity index (χ3v) is 6.08. The van der Waals surface area contributed by atoms with Gasteiger partial charge in [0.05, 0.1) is 17.7 Å². The Kier molecular flexibility index (Phi) is 5.75. The number of carbonyl (C=O) groups is 1. The summed E-state index contributed by atoms with van der Waals surface area (Å²) in [6.07, 6.45) is 4.02. The van der Waals surface area contributed by atoms with Crippen LogP contribution in [-0.2, 0) is 0 Å². The summed E-state index contributed by atoms with van der Waals surface area (Å²) in [6.45, 7) is 0.460. The van der Waals surface area contributed by atoms with Gasteiger partial charge in [-0.25, -0.2) is 8.78 Å². The molecule has 2 fully saturated rings. The molecular weight excluding hydrogens is 360 g/mol. The highest BCUT2D eigenvalue weighted by molar-refractivity contribution is 6.35. The Bertz CT molecular complexity index is 653. The van der Waals surface area contributed by atoms with E-state index in [0.29, 0.717) is 56.4 Å². The van der Waals surface area contributed by atoms with Crippen LogP contribution in [0.2, 0.25) is 5.02 Å². The van der Waals surface area contributed by atoms with E-state index >= 15 is 0 Å². The zero-order valence-corrected chi connectivity index (χ0v) is 15.9. The van der Waals surface area contributed by atoms with Gasteiger partial charge in [0.2, 0.25) is 0 Å². The lowest BCUT2D eigenvalue weighted by molar-refractivity contribution is -0.0721. The summed E-state index contributed by atoms with van der Waals surface area (Å²) in [5.41, 5.74) is -2.29. The van der Waals surface area contributed by atoms with Gasteiger partial charge in [0.1, 0.15) is 17.1 Å². The monoisotopic (exact) mass is 385 g/mol. The first-order chi connectivity index (χ1) is 12.3. The summed E-state index contributed by atoms with van der Waals surface area (Å²) in [5, 5.41) is 3.12. The van der Waals surface area contributed by atoms with E-state index in [4.69, 9.17) is 16.3 Å². The molecule has 3 rings (SSSR count). The summed E-state index contributed by atoms with van der Waals surface area (Å²) in [6, 6.07) is 5.04. The second-order valence-electron chi connectivity index (χ2n) is 7.83. The molecule has 0 heterocycles. The molecule has 0 aliphatic heterocycles. The minimum Gasteiger partial charge on any atom is -0.495 e. The first-order valence-corrected chi connectivity index (χ1v) is 9.71. The third-order valence-electron chi connectivity index (χ3n) is 5.69. The fourth-order valence-corrected chi connectivity index (χ4v) is 4.95. The van der Waals surface area contributed by atoms with Crippen LogP contribution in [0.1, 0.15) is 61.7 Å². The molecular formula is C20H26ClF2NO2. The smallest absolute Gasteiger partial charge is 0.252 e. The normalized spacial score (nSPS) is 30.7. The Morgan fingerprint density at radius 3 is 2.65 bits per heavy atom. The third kappa shape index (κ3) is 4.30. The molecule has 144 valence electrons. The van der Waals surface area contributed by atoms with Crippen LogP contribution in [0.5, 0.6) is 5.75 Å². The Balaban J connectivity index is 1.48. The molecule has 2 aliphatic carbocycles. The van der Waals surface area contributed by atoms with Crippen molar-refractivity contribution in [2.24, 2.45) is 5.92 Å². The minimum absolute atomic E-state index is 0.0522. The Labute approximate surface area is 158 Å². The molecule has 1 aromatic carbocycles. The van der Waals surface area contributed by atoms with Gasteiger partial charge >= 0.3 is 0 Å². The summed E-state index contributed by atoms with van der Waals surface area (Å²) >= 11 is 6.15. The number of halogens is 3. The first-order valence-electron chi connectivity index (χ1n) is 9.33. The summed E-state index contributed by atoms with van der Waals surface area (Å²) < 4.78 is 34.6. The van der Waals surface area contributed by atoms with Crippen LogP contribution in [0.15, 0.2) is 18.2 Å². The number of rotatable bonds is 6. The van der Waals surface area contributed by atoms with Crippen molar-refractivity contribution < 1.29 is 18.3 Å². The van der Waals surface area contributed by atoms with Crippen molar-refractivity contribution in [3.05, 3.63) is 28.8 Å². The number of benzene rings is 1. The van der Waals surface area contributed by atoms with E-state index in [1.54, 1.807) is 18.2 Å². The van der Waals surface area contributed by atoms with Gasteiger partial charge in [-0.3, -0.25) is 4.79 Å². The predicted octanol–water partition coefficient (Wildman–Crippen LogP) is 5.26. The number of amides is 1. The second-order valence-corrected chi connectivity index (χ2v) is 8.20. The fraction of sp³-hybridized carbons (Fsp3) is 0.650. The summed E-state index contributed by atoms with van der Waals surface area (Å²) in [4.78, 5) is 12.3. The number of ether oxygens (including phenoxy) is 1. The van der Waals surface area contributed by atoms with E-state index < -0.39 is 11.3 Å². The molecule has 1 amide bonds. The standard InChI is InChI=1S/C20H26ClF2NO2/c1-26-16-7-2-6-15(17(16)21)18(25)24-10-3-5-14-11-19(22)8-4-9-20(23,12-14)13-19/h2,6-7,14H,3-5,8-13H2,1H3,(H,24,25). The maximum absolute atomic E-state index is 14.7. The molecule has 2 unspecified atom stereocenters. The van der Waals surface area contributed by atoms with Crippen LogP contribution in [0.25, 0.3) is 0 Å². The highest BCUT2D eigenvalue weighted by Crippen LogP contribution is 2.52. The van der Waals surface area contributed by atoms with Gasteiger partial charge in [0.25, 0.3) is 5.91 Å². The number of hydrogen-bond acceptors (Lipinski definition) is 2. The molecule has 26 heavy (non-hydrogen) atoms. The number of fused-ring (bicyclic) bond motifs is 2. The lowest BCUT2D eigenvalue weighted by Gasteiger charge is -2.47. The van der Waals surface area contributed by atoms with Crippen LogP contribution >= 0.6 is 11.6 Å². The fourth-order valence-electron chi connectivity index (χ4n) is 4.66. The topological polar surface area (TPSA) is 38.3 Å². The Hall–Kier alpha value is -1.36. The van der Waals surface area contributed by atoms with Crippen molar-refractivity contribution in [2.45, 2.75) is 62.7 Å². The lowest BCUT2D eigenvalue weighted by atomic mass is 9.64. The molecule has 3 nitrogen and oxygen atoms in total. The van der Waals surface area contributed by atoms with Gasteiger partial charge in [0.15, 0.2) is 0 Å². The lowest BCUT2D eigenvalue weighted by Crippen LogP contribution is -2.47. The van der Waals surface area contributed by atoms with Gasteiger partial charge in [0, 0.05) is 13.0 Å². The van der Waals surface area contributed by atoms with Crippen molar-refractivity contribution >= 4 is 17.5 Å². The number of carbonyl (C=O) groups excluding carboxylic acids is 1. The quantitative estimate of drug-likeness (QED) is 0.678. The highest BCUT2D eigenvalue weighted by Gasteiger charge is 2.51. The zero-order chi connectivity index (χ0) is 18.8. The van der Waals surface area contributed by atoms with Crippen molar-refractivity contribution in [1.82, 2.24) is 5.32 Å². The van der Waals surface area contributed by atoms with Gasteiger partial charge in [-0.05, 0) is 63.0 Å². The van der Waals surface area contributed by atoms with Gasteiger partial charge < -0.3 is 10.1 Å². The molecule has 2 saturated carbocycles. The van der Waals surface area contributed by atoms with Crippen LogP contribution in [0, 0.1) is 5.92 Å². The number of hydrogen-bond donors (Lipinski definition) is 1. The second kappa shape index (κ2) is 7.71. The van der Waals surface area contributed by atoms with Gasteiger partial charge in [-0.2, -0.15) is 0 Å². The van der Waals surface area contributed by atoms with E-state index in [2.05, 4.69) is 5.32 Å². The highest BCUT2D eigenvalue weighted by atomic mass is 35.5. The average Bonchev–Trinajstić information content (AvgIpc) is 2.57. The molecule has 2 atom stereocenters. The van der Waals surface area contributed by atoms with Crippen LogP contribution in [-0.4, -0.2) is 30.9 Å². The van der Waals surface area contributed by atoms with Gasteiger partial charge in [-0.15, -0.1) is 0 Å². The number of alkyl halides is 2. The average molecular weight is 386 g/mol. The predicted molar refractivity (Wildman–Crippen MR) is 98.4 cm³/mol. The van der Waals surface area contributed by atoms with Crippen molar-refractivity contribution in [2.75, 3.05) is 13.7 Å². The molecule has 0 saturated heterocycles. The van der Waals surface area contributed by atoms with E-state index in [0.717, 1.165) is 6.42 Å². The SMILES string of the molecule is COc1cccc(C(=O)NCCCC2CC3(F)CCCC(F)(C2)C3)c1Cl. The van der Waals surface area contributed by atoms with Gasteiger partial charge in [-0.1, -0.05) is 17.7 Å². The summed E-state index contributed by atoms with van der Waals surface area (Å²) in [7, 11) is 1.50. The van der Waals surface area contributed by atoms with Crippen LogP contribution < -0.4 is 10.1 Å². The molecule has 6 heteroatoms. The minimum atomic E-state index is -1.33. The maximum atomic E-state index is 14.7. The maximum Gasteiger partial charge on any atom is 0.252 e. The summed E-state index contributed by atoms with van der Waals surface area (Å²) in [5.74, 6) is 0.240. The largest absolute Gasteiger partial charge is 0.495 e. The first kappa shape index (κ1) is 19.4. The molecule has 1 N–H and O–H groups in total. The van der Waals surface area contributed by atoms with E-state index in [9.17, 15) is 13.6 Å². The van der Waals surface area contributed by atoms with Crippen LogP contribution in [0.4, 0.5) is 8.78 Å². The van der Waals surface area contributed by atoms with Crippen molar-refractivity contribution in [3.8, 4) is 5.75 Å². The van der Waals surface area contributed by atoms with Crippen LogP contribution in [0.3, 0.4) is 0 Å². The zero-order valence-electron chi connectivity index (χ0n) is 15.1. The van der Waals surface area contributed by atoms with E-state index in [1.165, 1.54) is 7.11 Å². The van der Waals surface area contributed by atoms with Crippen molar-refractivity contribution in [1.29, 1.82) is 0 Å². The van der Waals surface area contributed by atoms with E-state index in [-0.39, 0.29) is 23.3 Å².